The summed E-state index contributed by atoms with van der Waals surface area (Å²) < 4.78 is 7.47. The molecule has 0 saturated heterocycles. The third kappa shape index (κ3) is 4.33. The van der Waals surface area contributed by atoms with Gasteiger partial charge in [0, 0.05) is 21.8 Å². The highest BCUT2D eigenvalue weighted by Crippen LogP contribution is 2.34. The van der Waals surface area contributed by atoms with Crippen LogP contribution < -0.4 is 4.74 Å². The molecule has 4 aromatic rings. The van der Waals surface area contributed by atoms with E-state index in [1.165, 1.54) is 10.3 Å². The van der Waals surface area contributed by atoms with Gasteiger partial charge in [0.1, 0.15) is 5.01 Å². The van der Waals surface area contributed by atoms with E-state index in [4.69, 9.17) is 9.72 Å². The van der Waals surface area contributed by atoms with Gasteiger partial charge in [-0.05, 0) is 67.9 Å². The molecule has 0 radical (unpaired) electrons. The Labute approximate surface area is 181 Å². The molecular weight excluding hydrogens is 448 g/mol. The highest BCUT2D eigenvalue weighted by atomic mass is 79.9. The quantitative estimate of drug-likeness (QED) is 0.325. The lowest BCUT2D eigenvalue weighted by Gasteiger charge is -2.08. The van der Waals surface area contributed by atoms with Crippen LogP contribution >= 0.6 is 27.3 Å². The molecule has 0 fully saturated rings. The SMILES string of the molecule is CCOc1cc(Br)cc(C=Nc2ccc(-c3nc4ccc(C)cc4s3)cc2)c1O. The zero-order valence-electron chi connectivity index (χ0n) is 16.0. The van der Waals surface area contributed by atoms with Crippen molar-refractivity contribution >= 4 is 49.4 Å². The van der Waals surface area contributed by atoms with Crippen molar-refractivity contribution in [3.8, 4) is 22.1 Å². The third-order valence-corrected chi connectivity index (χ3v) is 5.91. The van der Waals surface area contributed by atoms with Crippen LogP contribution in [0.1, 0.15) is 18.1 Å². The van der Waals surface area contributed by atoms with E-state index in [1.54, 1.807) is 29.7 Å². The fourth-order valence-electron chi connectivity index (χ4n) is 2.95. The van der Waals surface area contributed by atoms with Crippen LogP contribution in [0.4, 0.5) is 5.69 Å². The van der Waals surface area contributed by atoms with Crippen LogP contribution in [-0.2, 0) is 0 Å². The fourth-order valence-corrected chi connectivity index (χ4v) is 4.47. The Kier molecular flexibility index (Phi) is 5.65. The van der Waals surface area contributed by atoms with Gasteiger partial charge in [0.25, 0.3) is 0 Å². The summed E-state index contributed by atoms with van der Waals surface area (Å²) in [5, 5.41) is 11.4. The smallest absolute Gasteiger partial charge is 0.166 e. The molecule has 4 rings (SSSR count). The molecule has 0 spiro atoms. The number of halogens is 1. The van der Waals surface area contributed by atoms with Gasteiger partial charge in [0.05, 0.1) is 22.5 Å². The number of phenolic OH excluding ortho intramolecular Hbond substituents is 1. The lowest BCUT2D eigenvalue weighted by molar-refractivity contribution is 0.317. The average molecular weight is 467 g/mol. The second-order valence-electron chi connectivity index (χ2n) is 6.57. The van der Waals surface area contributed by atoms with E-state index in [-0.39, 0.29) is 5.75 Å². The number of benzene rings is 3. The standard InChI is InChI=1S/C23H19BrN2O2S/c1-3-28-20-12-17(24)11-16(22(20)27)13-25-18-7-5-15(6-8-18)23-26-19-9-4-14(2)10-21(19)29-23/h4-13,27H,3H2,1-2H3. The fraction of sp³-hybridized carbons (Fsp3) is 0.130. The van der Waals surface area contributed by atoms with Crippen molar-refractivity contribution in [2.24, 2.45) is 4.99 Å². The molecule has 4 nitrogen and oxygen atoms in total. The summed E-state index contributed by atoms with van der Waals surface area (Å²) in [5.74, 6) is 0.518. The molecule has 1 N–H and O–H groups in total. The van der Waals surface area contributed by atoms with E-state index in [9.17, 15) is 5.11 Å². The summed E-state index contributed by atoms with van der Waals surface area (Å²) >= 11 is 5.13. The Bertz CT molecular complexity index is 1200. The Morgan fingerprint density at radius 3 is 2.69 bits per heavy atom. The number of aromatic nitrogens is 1. The minimum Gasteiger partial charge on any atom is -0.504 e. The maximum Gasteiger partial charge on any atom is 0.166 e. The Morgan fingerprint density at radius 1 is 1.14 bits per heavy atom. The number of hydrogen-bond donors (Lipinski definition) is 1. The zero-order chi connectivity index (χ0) is 20.4. The van der Waals surface area contributed by atoms with Crippen LogP contribution in [0.5, 0.6) is 11.5 Å². The summed E-state index contributed by atoms with van der Waals surface area (Å²) in [6.45, 7) is 4.45. The second kappa shape index (κ2) is 8.35. The number of ether oxygens (including phenoxy) is 1. The number of hydrogen-bond acceptors (Lipinski definition) is 5. The van der Waals surface area contributed by atoms with Crippen molar-refractivity contribution in [2.45, 2.75) is 13.8 Å². The normalized spacial score (nSPS) is 11.4. The van der Waals surface area contributed by atoms with Crippen molar-refractivity contribution in [3.05, 3.63) is 70.2 Å². The molecule has 1 aromatic heterocycles. The molecule has 1 heterocycles. The van der Waals surface area contributed by atoms with Crippen LogP contribution in [0.2, 0.25) is 0 Å². The molecule has 29 heavy (non-hydrogen) atoms. The number of rotatable bonds is 5. The van der Waals surface area contributed by atoms with Gasteiger partial charge < -0.3 is 9.84 Å². The number of nitrogens with zero attached hydrogens (tertiary/aromatic N) is 2. The van der Waals surface area contributed by atoms with Gasteiger partial charge in [0.2, 0.25) is 0 Å². The topological polar surface area (TPSA) is 54.7 Å². The molecule has 0 unspecified atom stereocenters. The highest BCUT2D eigenvalue weighted by molar-refractivity contribution is 9.10. The lowest BCUT2D eigenvalue weighted by atomic mass is 10.2. The van der Waals surface area contributed by atoms with Crippen molar-refractivity contribution in [2.75, 3.05) is 6.61 Å². The monoisotopic (exact) mass is 466 g/mol. The van der Waals surface area contributed by atoms with Gasteiger partial charge in [-0.25, -0.2) is 4.98 Å². The maximum atomic E-state index is 10.4. The van der Waals surface area contributed by atoms with Crippen LogP contribution in [-0.4, -0.2) is 22.9 Å². The summed E-state index contributed by atoms with van der Waals surface area (Å²) in [6, 6.07) is 17.8. The van der Waals surface area contributed by atoms with E-state index in [2.05, 4.69) is 46.0 Å². The largest absolute Gasteiger partial charge is 0.504 e. The maximum absolute atomic E-state index is 10.4. The molecule has 0 aliphatic rings. The molecule has 0 aliphatic carbocycles. The molecule has 0 aliphatic heterocycles. The molecule has 0 saturated carbocycles. The third-order valence-electron chi connectivity index (χ3n) is 4.38. The van der Waals surface area contributed by atoms with Gasteiger partial charge in [-0.2, -0.15) is 0 Å². The molecular formula is C23H19BrN2O2S. The van der Waals surface area contributed by atoms with Crippen LogP contribution in [0.15, 0.2) is 64.1 Å². The van der Waals surface area contributed by atoms with Crippen LogP contribution in [0.3, 0.4) is 0 Å². The lowest BCUT2D eigenvalue weighted by Crippen LogP contribution is -1.94. The van der Waals surface area contributed by atoms with Crippen LogP contribution in [0, 0.1) is 6.92 Å². The van der Waals surface area contributed by atoms with Crippen molar-refractivity contribution in [1.29, 1.82) is 0 Å². The Morgan fingerprint density at radius 2 is 1.93 bits per heavy atom. The average Bonchev–Trinajstić information content (AvgIpc) is 3.13. The van der Waals surface area contributed by atoms with Gasteiger partial charge in [0.15, 0.2) is 11.5 Å². The van der Waals surface area contributed by atoms with Crippen molar-refractivity contribution < 1.29 is 9.84 Å². The molecule has 0 atom stereocenters. The summed E-state index contributed by atoms with van der Waals surface area (Å²) in [7, 11) is 0. The summed E-state index contributed by atoms with van der Waals surface area (Å²) in [6.07, 6.45) is 1.64. The zero-order valence-corrected chi connectivity index (χ0v) is 18.4. The molecule has 146 valence electrons. The predicted molar refractivity (Wildman–Crippen MR) is 124 cm³/mol. The molecule has 0 amide bonds. The Hall–Kier alpha value is -2.70. The number of aryl methyl sites for hydroxylation is 1. The second-order valence-corrected chi connectivity index (χ2v) is 8.52. The number of aliphatic imine (C=N–C) groups is 1. The van der Waals surface area contributed by atoms with Gasteiger partial charge in [-0.15, -0.1) is 11.3 Å². The van der Waals surface area contributed by atoms with E-state index < -0.39 is 0 Å². The number of thiazole rings is 1. The number of fused-ring (bicyclic) bond motifs is 1. The minimum absolute atomic E-state index is 0.0835. The molecule has 6 heteroatoms. The van der Waals surface area contributed by atoms with E-state index >= 15 is 0 Å². The van der Waals surface area contributed by atoms with Gasteiger partial charge in [-0.1, -0.05) is 22.0 Å². The molecule has 3 aromatic carbocycles. The van der Waals surface area contributed by atoms with E-state index in [0.29, 0.717) is 17.9 Å². The first-order chi connectivity index (χ1) is 14.0. The van der Waals surface area contributed by atoms with Crippen LogP contribution in [0.25, 0.3) is 20.8 Å². The Balaban J connectivity index is 1.58. The molecule has 0 bridgehead atoms. The van der Waals surface area contributed by atoms with Gasteiger partial charge in [-0.3, -0.25) is 4.99 Å². The van der Waals surface area contributed by atoms with Gasteiger partial charge >= 0.3 is 0 Å². The first-order valence-corrected chi connectivity index (χ1v) is 10.8. The minimum atomic E-state index is 0.0835. The van der Waals surface area contributed by atoms with E-state index in [0.717, 1.165) is 26.2 Å². The highest BCUT2D eigenvalue weighted by Gasteiger charge is 2.09. The number of aromatic hydroxyl groups is 1. The van der Waals surface area contributed by atoms with Crippen molar-refractivity contribution in [1.82, 2.24) is 4.98 Å². The first-order valence-electron chi connectivity index (χ1n) is 9.20. The summed E-state index contributed by atoms with van der Waals surface area (Å²) in [5.41, 5.74) is 4.71. The van der Waals surface area contributed by atoms with Crippen molar-refractivity contribution in [3.63, 3.8) is 0 Å². The van der Waals surface area contributed by atoms with E-state index in [1.807, 2.05) is 31.2 Å². The summed E-state index contributed by atoms with van der Waals surface area (Å²) in [4.78, 5) is 9.21. The predicted octanol–water partition coefficient (Wildman–Crippen LogP) is 6.89. The number of phenols is 1. The first kappa shape index (κ1) is 19.6.